The Bertz CT molecular complexity index is 279. The lowest BCUT2D eigenvalue weighted by molar-refractivity contribution is 0.258. The van der Waals surface area contributed by atoms with Crippen LogP contribution < -0.4 is 5.32 Å². The van der Waals surface area contributed by atoms with Gasteiger partial charge in [-0.05, 0) is 12.3 Å². The van der Waals surface area contributed by atoms with Crippen LogP contribution in [0.3, 0.4) is 0 Å². The lowest BCUT2D eigenvalue weighted by Gasteiger charge is -2.13. The molecule has 0 aliphatic rings. The second-order valence-electron chi connectivity index (χ2n) is 3.39. The quantitative estimate of drug-likeness (QED) is 0.783. The van der Waals surface area contributed by atoms with Gasteiger partial charge in [0, 0.05) is 13.2 Å². The van der Waals surface area contributed by atoms with Crippen LogP contribution in [0.1, 0.15) is 19.8 Å². The number of hydrogen-bond acceptors (Lipinski definition) is 4. The van der Waals surface area contributed by atoms with E-state index in [1.54, 1.807) is 12.4 Å². The first-order valence-corrected chi connectivity index (χ1v) is 5.46. The van der Waals surface area contributed by atoms with Crippen LogP contribution in [0.4, 0.5) is 5.95 Å². The molecule has 5 heteroatoms. The standard InChI is InChI=1S/C10H16ClN3O/c1-2-8(3-4-15)5-12-10-13-6-9(11)7-14-10/h6-8,15H,2-5H2,1H3,(H,12,13,14). The highest BCUT2D eigenvalue weighted by atomic mass is 35.5. The van der Waals surface area contributed by atoms with Gasteiger partial charge in [-0.25, -0.2) is 9.97 Å². The monoisotopic (exact) mass is 229 g/mol. The number of nitrogens with one attached hydrogen (secondary N) is 1. The van der Waals surface area contributed by atoms with E-state index in [0.717, 1.165) is 19.4 Å². The highest BCUT2D eigenvalue weighted by molar-refractivity contribution is 6.30. The van der Waals surface area contributed by atoms with E-state index < -0.39 is 0 Å². The Kier molecular flexibility index (Phi) is 5.36. The average molecular weight is 230 g/mol. The van der Waals surface area contributed by atoms with Gasteiger partial charge in [-0.1, -0.05) is 24.9 Å². The van der Waals surface area contributed by atoms with Gasteiger partial charge in [-0.15, -0.1) is 0 Å². The summed E-state index contributed by atoms with van der Waals surface area (Å²) in [5, 5.41) is 12.5. The number of rotatable bonds is 6. The molecule has 15 heavy (non-hydrogen) atoms. The molecular formula is C10H16ClN3O. The molecule has 1 heterocycles. The molecule has 4 nitrogen and oxygen atoms in total. The van der Waals surface area contributed by atoms with Gasteiger partial charge in [0.15, 0.2) is 0 Å². The molecule has 0 aromatic carbocycles. The number of aromatic nitrogens is 2. The van der Waals surface area contributed by atoms with E-state index in [4.69, 9.17) is 16.7 Å². The zero-order valence-electron chi connectivity index (χ0n) is 8.78. The summed E-state index contributed by atoms with van der Waals surface area (Å²) in [7, 11) is 0. The van der Waals surface area contributed by atoms with Crippen molar-refractivity contribution in [1.29, 1.82) is 0 Å². The van der Waals surface area contributed by atoms with E-state index in [-0.39, 0.29) is 6.61 Å². The molecule has 0 radical (unpaired) electrons. The summed E-state index contributed by atoms with van der Waals surface area (Å²) in [6.45, 7) is 3.10. The summed E-state index contributed by atoms with van der Waals surface area (Å²) in [5.74, 6) is 1.03. The maximum absolute atomic E-state index is 8.82. The molecule has 1 unspecified atom stereocenters. The Labute approximate surface area is 94.7 Å². The molecule has 0 fully saturated rings. The summed E-state index contributed by atoms with van der Waals surface area (Å²) < 4.78 is 0. The summed E-state index contributed by atoms with van der Waals surface area (Å²) in [6, 6.07) is 0. The third kappa shape index (κ3) is 4.44. The van der Waals surface area contributed by atoms with Crippen molar-refractivity contribution in [3.8, 4) is 0 Å². The topological polar surface area (TPSA) is 58.0 Å². The van der Waals surface area contributed by atoms with E-state index >= 15 is 0 Å². The molecule has 1 aromatic rings. The van der Waals surface area contributed by atoms with Crippen LogP contribution in [0.5, 0.6) is 0 Å². The van der Waals surface area contributed by atoms with Crippen molar-refractivity contribution >= 4 is 17.5 Å². The van der Waals surface area contributed by atoms with Crippen LogP contribution in [0, 0.1) is 5.92 Å². The van der Waals surface area contributed by atoms with Crippen molar-refractivity contribution in [2.75, 3.05) is 18.5 Å². The largest absolute Gasteiger partial charge is 0.396 e. The average Bonchev–Trinajstić information content (AvgIpc) is 2.26. The van der Waals surface area contributed by atoms with Crippen LogP contribution >= 0.6 is 11.6 Å². The van der Waals surface area contributed by atoms with Crippen molar-refractivity contribution in [3.63, 3.8) is 0 Å². The maximum atomic E-state index is 8.82. The third-order valence-electron chi connectivity index (χ3n) is 2.28. The van der Waals surface area contributed by atoms with Crippen molar-refractivity contribution in [2.24, 2.45) is 5.92 Å². The van der Waals surface area contributed by atoms with Gasteiger partial charge >= 0.3 is 0 Å². The molecular weight excluding hydrogens is 214 g/mol. The molecule has 0 saturated carbocycles. The van der Waals surface area contributed by atoms with E-state index in [9.17, 15) is 0 Å². The normalized spacial score (nSPS) is 12.5. The molecule has 84 valence electrons. The number of aliphatic hydroxyl groups excluding tert-OH is 1. The van der Waals surface area contributed by atoms with E-state index in [0.29, 0.717) is 16.9 Å². The van der Waals surface area contributed by atoms with Gasteiger partial charge in [0.25, 0.3) is 0 Å². The predicted molar refractivity (Wildman–Crippen MR) is 61.0 cm³/mol. The summed E-state index contributed by atoms with van der Waals surface area (Å²) in [5.41, 5.74) is 0. The Morgan fingerprint density at radius 3 is 2.67 bits per heavy atom. The van der Waals surface area contributed by atoms with Crippen molar-refractivity contribution < 1.29 is 5.11 Å². The smallest absolute Gasteiger partial charge is 0.222 e. The third-order valence-corrected chi connectivity index (χ3v) is 2.48. The molecule has 0 spiro atoms. The van der Waals surface area contributed by atoms with Crippen molar-refractivity contribution in [1.82, 2.24) is 9.97 Å². The fourth-order valence-electron chi connectivity index (χ4n) is 1.27. The Morgan fingerprint density at radius 1 is 1.47 bits per heavy atom. The predicted octanol–water partition coefficient (Wildman–Crippen LogP) is 1.95. The Balaban J connectivity index is 2.38. The number of hydrogen-bond donors (Lipinski definition) is 2. The summed E-state index contributed by atoms with van der Waals surface area (Å²) in [6.07, 6.45) is 4.95. The maximum Gasteiger partial charge on any atom is 0.222 e. The minimum atomic E-state index is 0.224. The van der Waals surface area contributed by atoms with Gasteiger partial charge in [0.05, 0.1) is 17.4 Å². The SMILES string of the molecule is CCC(CCO)CNc1ncc(Cl)cn1. The Morgan fingerprint density at radius 2 is 2.13 bits per heavy atom. The van der Waals surface area contributed by atoms with E-state index in [2.05, 4.69) is 22.2 Å². The minimum Gasteiger partial charge on any atom is -0.396 e. The zero-order valence-corrected chi connectivity index (χ0v) is 9.54. The molecule has 1 rings (SSSR count). The molecule has 0 aliphatic carbocycles. The first kappa shape index (κ1) is 12.2. The molecule has 1 atom stereocenters. The molecule has 0 saturated heterocycles. The number of aliphatic hydroxyl groups is 1. The molecule has 0 aliphatic heterocycles. The van der Waals surface area contributed by atoms with E-state index in [1.807, 2.05) is 0 Å². The highest BCUT2D eigenvalue weighted by Gasteiger charge is 2.05. The van der Waals surface area contributed by atoms with Gasteiger partial charge in [-0.3, -0.25) is 0 Å². The first-order valence-electron chi connectivity index (χ1n) is 5.08. The molecule has 1 aromatic heterocycles. The van der Waals surface area contributed by atoms with Gasteiger partial charge in [0.2, 0.25) is 5.95 Å². The Hall–Kier alpha value is -0.870. The number of nitrogens with zero attached hydrogens (tertiary/aromatic N) is 2. The molecule has 2 N–H and O–H groups in total. The second-order valence-corrected chi connectivity index (χ2v) is 3.83. The van der Waals surface area contributed by atoms with Crippen molar-refractivity contribution in [3.05, 3.63) is 17.4 Å². The molecule has 0 bridgehead atoms. The number of halogens is 1. The van der Waals surface area contributed by atoms with Crippen LogP contribution in [-0.4, -0.2) is 28.2 Å². The van der Waals surface area contributed by atoms with E-state index in [1.165, 1.54) is 0 Å². The fraction of sp³-hybridized carbons (Fsp3) is 0.600. The zero-order chi connectivity index (χ0) is 11.1. The van der Waals surface area contributed by atoms with Gasteiger partial charge < -0.3 is 10.4 Å². The van der Waals surface area contributed by atoms with Gasteiger partial charge in [-0.2, -0.15) is 0 Å². The van der Waals surface area contributed by atoms with Crippen LogP contribution in [0.2, 0.25) is 5.02 Å². The molecule has 0 amide bonds. The highest BCUT2D eigenvalue weighted by Crippen LogP contribution is 2.09. The minimum absolute atomic E-state index is 0.224. The second kappa shape index (κ2) is 6.58. The van der Waals surface area contributed by atoms with Crippen LogP contribution in [-0.2, 0) is 0 Å². The number of anilines is 1. The van der Waals surface area contributed by atoms with Crippen molar-refractivity contribution in [2.45, 2.75) is 19.8 Å². The van der Waals surface area contributed by atoms with Gasteiger partial charge in [0.1, 0.15) is 0 Å². The lowest BCUT2D eigenvalue weighted by Crippen LogP contribution is -2.16. The van der Waals surface area contributed by atoms with Crippen LogP contribution in [0.25, 0.3) is 0 Å². The summed E-state index contributed by atoms with van der Waals surface area (Å²) >= 11 is 5.67. The lowest BCUT2D eigenvalue weighted by atomic mass is 10.0. The summed E-state index contributed by atoms with van der Waals surface area (Å²) in [4.78, 5) is 8.06. The fourth-order valence-corrected chi connectivity index (χ4v) is 1.37. The van der Waals surface area contributed by atoms with Crippen LogP contribution in [0.15, 0.2) is 12.4 Å². The first-order chi connectivity index (χ1) is 7.26.